The molecule has 1 heterocycles. The van der Waals surface area contributed by atoms with Crippen molar-refractivity contribution < 1.29 is 32.7 Å². The first-order valence-corrected chi connectivity index (χ1v) is 10.3. The number of nitro benzene ring substituents is 2. The van der Waals surface area contributed by atoms with Gasteiger partial charge in [-0.3, -0.25) is 20.2 Å². The average molecular weight is 479 g/mol. The molecular weight excluding hydrogens is 462 g/mol. The molecule has 33 heavy (non-hydrogen) atoms. The maximum Gasteiger partial charge on any atom is 0.336 e. The molecule has 0 saturated carbocycles. The lowest BCUT2D eigenvalue weighted by Gasteiger charge is -2.05. The summed E-state index contributed by atoms with van der Waals surface area (Å²) >= 11 is 0. The zero-order valence-electron chi connectivity index (χ0n) is 17.1. The number of carbonyl (C=O) groups is 1. The maximum atomic E-state index is 12.0. The van der Waals surface area contributed by atoms with Crippen LogP contribution in [0.4, 0.5) is 22.9 Å². The van der Waals surface area contributed by atoms with Gasteiger partial charge in [-0.15, -0.1) is 0 Å². The van der Waals surface area contributed by atoms with Gasteiger partial charge in [-0.05, 0) is 38.1 Å². The number of nitrogens with zero attached hydrogens (tertiary/aromatic N) is 3. The van der Waals surface area contributed by atoms with Gasteiger partial charge in [0.1, 0.15) is 0 Å². The predicted molar refractivity (Wildman–Crippen MR) is 114 cm³/mol. The molecule has 0 aliphatic heterocycles. The van der Waals surface area contributed by atoms with Crippen molar-refractivity contribution in [2.45, 2.75) is 18.7 Å². The number of nitro groups is 2. The molecule has 0 radical (unpaired) electrons. The van der Waals surface area contributed by atoms with Crippen molar-refractivity contribution >= 4 is 38.9 Å². The number of aromatic nitrogens is 1. The van der Waals surface area contributed by atoms with Gasteiger partial charge in [0.2, 0.25) is 5.88 Å². The van der Waals surface area contributed by atoms with E-state index < -0.39 is 42.8 Å². The number of aryl methyl sites for hydroxylation is 1. The molecule has 0 amide bonds. The molecule has 0 bridgehead atoms. The van der Waals surface area contributed by atoms with Crippen LogP contribution in [-0.4, -0.2) is 34.5 Å². The average Bonchev–Trinajstić information content (AvgIpc) is 3.05. The molecule has 15 heteroatoms. The number of carboxylic acids is 1. The van der Waals surface area contributed by atoms with E-state index in [-0.39, 0.29) is 10.8 Å². The number of anilines is 2. The van der Waals surface area contributed by atoms with Gasteiger partial charge < -0.3 is 15.4 Å². The molecule has 4 N–H and O–H groups in total. The minimum absolute atomic E-state index is 0.116. The highest BCUT2D eigenvalue weighted by Gasteiger charge is 2.20. The Balaban J connectivity index is 0.000000238. The van der Waals surface area contributed by atoms with Gasteiger partial charge in [0.05, 0.1) is 32.1 Å². The second-order valence-electron chi connectivity index (χ2n) is 6.45. The molecule has 2 aromatic carbocycles. The van der Waals surface area contributed by atoms with Gasteiger partial charge in [-0.25, -0.2) is 17.9 Å². The van der Waals surface area contributed by atoms with Crippen molar-refractivity contribution in [3.63, 3.8) is 0 Å². The molecule has 3 rings (SSSR count). The number of benzene rings is 2. The van der Waals surface area contributed by atoms with Crippen LogP contribution in [0.1, 0.15) is 21.6 Å². The summed E-state index contributed by atoms with van der Waals surface area (Å²) in [6.07, 6.45) is 0. The Kier molecular flexibility index (Phi) is 7.30. The lowest BCUT2D eigenvalue weighted by Crippen LogP contribution is -2.13. The molecule has 0 fully saturated rings. The summed E-state index contributed by atoms with van der Waals surface area (Å²) in [7, 11) is -3.68. The summed E-state index contributed by atoms with van der Waals surface area (Å²) < 4.78 is 31.3. The summed E-state index contributed by atoms with van der Waals surface area (Å²) in [6, 6.07) is 8.11. The summed E-state index contributed by atoms with van der Waals surface area (Å²) in [4.78, 5) is 29.5. The standard InChI is InChI=1S/C11H13N3O3S.C7H4N2O6/c1-7-8(2)13-17-11(7)14-18(15,16)10-5-3-9(12)4-6-10;10-7(11)4-1-5(8(12)13)3-6(2-4)9(14)15/h3-6,14H,12H2,1-2H3;1-3H,(H,10,11). The van der Waals surface area contributed by atoms with Crippen molar-refractivity contribution in [2.75, 3.05) is 10.5 Å². The number of nitrogens with one attached hydrogen (secondary N) is 1. The molecular formula is C18H17N5O9S. The van der Waals surface area contributed by atoms with E-state index in [2.05, 4.69) is 9.88 Å². The van der Waals surface area contributed by atoms with E-state index in [9.17, 15) is 33.4 Å². The Hall–Kier alpha value is -4.53. The zero-order valence-corrected chi connectivity index (χ0v) is 17.9. The molecule has 0 saturated heterocycles. The predicted octanol–water partition coefficient (Wildman–Crippen LogP) is 2.88. The van der Waals surface area contributed by atoms with Gasteiger partial charge in [0.15, 0.2) is 0 Å². The third kappa shape index (κ3) is 6.23. The van der Waals surface area contributed by atoms with Gasteiger partial charge >= 0.3 is 5.97 Å². The summed E-state index contributed by atoms with van der Waals surface area (Å²) in [6.45, 7) is 3.46. The fourth-order valence-corrected chi connectivity index (χ4v) is 3.31. The van der Waals surface area contributed by atoms with Crippen LogP contribution in [0.5, 0.6) is 0 Å². The smallest absolute Gasteiger partial charge is 0.336 e. The van der Waals surface area contributed by atoms with E-state index in [0.29, 0.717) is 23.0 Å². The molecule has 174 valence electrons. The van der Waals surface area contributed by atoms with E-state index in [4.69, 9.17) is 15.4 Å². The number of sulfonamides is 1. The van der Waals surface area contributed by atoms with Crippen molar-refractivity contribution in [2.24, 2.45) is 0 Å². The van der Waals surface area contributed by atoms with Crippen LogP contribution < -0.4 is 10.5 Å². The monoisotopic (exact) mass is 479 g/mol. The zero-order chi connectivity index (χ0) is 24.9. The highest BCUT2D eigenvalue weighted by Crippen LogP contribution is 2.23. The van der Waals surface area contributed by atoms with Crippen molar-refractivity contribution in [3.05, 3.63) is 79.5 Å². The fourth-order valence-electron chi connectivity index (χ4n) is 2.27. The number of rotatable bonds is 6. The highest BCUT2D eigenvalue weighted by molar-refractivity contribution is 7.92. The van der Waals surface area contributed by atoms with Crippen LogP contribution in [0.15, 0.2) is 51.9 Å². The number of nitrogens with two attached hydrogens (primary N) is 1. The van der Waals surface area contributed by atoms with Crippen LogP contribution in [0, 0.1) is 34.1 Å². The Morgan fingerprint density at radius 3 is 1.97 bits per heavy atom. The molecule has 0 aliphatic rings. The highest BCUT2D eigenvalue weighted by atomic mass is 32.2. The normalized spacial score (nSPS) is 10.6. The third-order valence-corrected chi connectivity index (χ3v) is 5.49. The van der Waals surface area contributed by atoms with Crippen molar-refractivity contribution in [1.82, 2.24) is 5.16 Å². The number of aromatic carboxylic acids is 1. The minimum Gasteiger partial charge on any atom is -0.478 e. The molecule has 0 atom stereocenters. The third-order valence-electron chi connectivity index (χ3n) is 4.15. The van der Waals surface area contributed by atoms with Crippen LogP contribution in [0.3, 0.4) is 0 Å². The van der Waals surface area contributed by atoms with Gasteiger partial charge in [0.25, 0.3) is 21.4 Å². The second-order valence-corrected chi connectivity index (χ2v) is 8.14. The minimum atomic E-state index is -3.68. The summed E-state index contributed by atoms with van der Waals surface area (Å²) in [5.41, 5.74) is 5.57. The van der Waals surface area contributed by atoms with Crippen LogP contribution in [0.25, 0.3) is 0 Å². The molecule has 1 aromatic heterocycles. The van der Waals surface area contributed by atoms with Crippen LogP contribution >= 0.6 is 0 Å². The van der Waals surface area contributed by atoms with E-state index >= 15 is 0 Å². The molecule has 0 aliphatic carbocycles. The van der Waals surface area contributed by atoms with E-state index in [1.807, 2.05) is 0 Å². The van der Waals surface area contributed by atoms with E-state index in [1.165, 1.54) is 24.3 Å². The van der Waals surface area contributed by atoms with Gasteiger partial charge in [-0.2, -0.15) is 0 Å². The Bertz CT molecular complexity index is 1240. The Labute approximate surface area is 186 Å². The SMILES string of the molecule is Cc1noc(NS(=O)(=O)c2ccc(N)cc2)c1C.O=C(O)c1cc([N+](=O)[O-])cc([N+](=O)[O-])c1. The van der Waals surface area contributed by atoms with Crippen LogP contribution in [0.2, 0.25) is 0 Å². The molecule has 0 unspecified atom stereocenters. The number of hydrogen-bond donors (Lipinski definition) is 3. The number of nitrogen functional groups attached to an aromatic ring is 1. The molecule has 0 spiro atoms. The lowest BCUT2D eigenvalue weighted by molar-refractivity contribution is -0.394. The topological polar surface area (TPSA) is 222 Å². The number of hydrogen-bond acceptors (Lipinski definition) is 10. The number of carboxylic acid groups (broad SMARTS) is 1. The first kappa shape index (κ1) is 24.7. The summed E-state index contributed by atoms with van der Waals surface area (Å²) in [5.74, 6) is -1.33. The second kappa shape index (κ2) is 9.73. The largest absolute Gasteiger partial charge is 0.478 e. The van der Waals surface area contributed by atoms with Crippen LogP contribution in [-0.2, 0) is 10.0 Å². The Morgan fingerprint density at radius 2 is 1.58 bits per heavy atom. The lowest BCUT2D eigenvalue weighted by atomic mass is 10.2. The Morgan fingerprint density at radius 1 is 1.06 bits per heavy atom. The fraction of sp³-hybridized carbons (Fsp3) is 0.111. The van der Waals surface area contributed by atoms with Crippen molar-refractivity contribution in [1.29, 1.82) is 0 Å². The number of non-ortho nitro benzene ring substituents is 2. The van der Waals surface area contributed by atoms with Gasteiger partial charge in [-0.1, -0.05) is 5.16 Å². The van der Waals surface area contributed by atoms with Gasteiger partial charge in [0, 0.05) is 23.4 Å². The quantitative estimate of drug-likeness (QED) is 0.265. The van der Waals surface area contributed by atoms with E-state index in [0.717, 1.165) is 12.1 Å². The van der Waals surface area contributed by atoms with E-state index in [1.54, 1.807) is 13.8 Å². The maximum absolute atomic E-state index is 12.0. The molecule has 3 aromatic rings. The first-order valence-electron chi connectivity index (χ1n) is 8.80. The summed E-state index contributed by atoms with van der Waals surface area (Å²) in [5, 5.41) is 32.9. The molecule has 14 nitrogen and oxygen atoms in total. The van der Waals surface area contributed by atoms with Crippen molar-refractivity contribution in [3.8, 4) is 0 Å². The first-order chi connectivity index (χ1) is 15.3.